The molecule has 9 heteroatoms. The van der Waals surface area contributed by atoms with Crippen LogP contribution in [0.25, 0.3) is 0 Å². The van der Waals surface area contributed by atoms with E-state index in [1.807, 2.05) is 26.8 Å². The fourth-order valence-corrected chi connectivity index (χ4v) is 4.11. The second kappa shape index (κ2) is 8.71. The van der Waals surface area contributed by atoms with Crippen LogP contribution in [0.2, 0.25) is 4.34 Å². The van der Waals surface area contributed by atoms with E-state index in [9.17, 15) is 9.59 Å². The van der Waals surface area contributed by atoms with Gasteiger partial charge in [-0.05, 0) is 51.8 Å². The van der Waals surface area contributed by atoms with Crippen molar-refractivity contribution < 1.29 is 19.2 Å². The van der Waals surface area contributed by atoms with Crippen LogP contribution in [0.3, 0.4) is 0 Å². The summed E-state index contributed by atoms with van der Waals surface area (Å²) in [5, 5.41) is 2.86. The number of hydrogen-bond acceptors (Lipinski definition) is 6. The highest BCUT2D eigenvalue weighted by atomic mass is 35.5. The van der Waals surface area contributed by atoms with Crippen LogP contribution in [0.15, 0.2) is 23.9 Å². The highest BCUT2D eigenvalue weighted by molar-refractivity contribution is 7.17. The number of nitrogens with zero attached hydrogens (tertiary/aromatic N) is 1. The van der Waals surface area contributed by atoms with Gasteiger partial charge in [-0.15, -0.1) is 11.3 Å². The van der Waals surface area contributed by atoms with E-state index in [0.717, 1.165) is 18.5 Å². The molecule has 1 aromatic rings. The summed E-state index contributed by atoms with van der Waals surface area (Å²) in [4.78, 5) is 32.1. The molecule has 2 amide bonds. The number of hydrogen-bond donors (Lipinski definition) is 2. The SMILES string of the molecule is CC(C)(C)OC(=O)N1CCC(C2=CC(CNC(=O)c3ccc(Cl)s3)ON2)CC1. The number of piperidine rings is 1. The average molecular weight is 428 g/mol. The van der Waals surface area contributed by atoms with Gasteiger partial charge in [0.2, 0.25) is 0 Å². The Morgan fingerprint density at radius 3 is 2.68 bits per heavy atom. The first-order valence-electron chi connectivity index (χ1n) is 9.36. The Hall–Kier alpha value is -1.77. The van der Waals surface area contributed by atoms with Crippen molar-refractivity contribution in [2.75, 3.05) is 19.6 Å². The van der Waals surface area contributed by atoms with Crippen LogP contribution < -0.4 is 10.8 Å². The quantitative estimate of drug-likeness (QED) is 0.767. The van der Waals surface area contributed by atoms with E-state index in [1.165, 1.54) is 11.3 Å². The number of thiophene rings is 1. The van der Waals surface area contributed by atoms with Crippen molar-refractivity contribution in [1.29, 1.82) is 0 Å². The zero-order valence-electron chi connectivity index (χ0n) is 16.3. The monoisotopic (exact) mass is 427 g/mol. The third-order valence-corrected chi connectivity index (χ3v) is 5.77. The van der Waals surface area contributed by atoms with Crippen LogP contribution >= 0.6 is 22.9 Å². The summed E-state index contributed by atoms with van der Waals surface area (Å²) >= 11 is 7.11. The van der Waals surface area contributed by atoms with Crippen LogP contribution in [-0.4, -0.2) is 48.2 Å². The molecule has 1 atom stereocenters. The van der Waals surface area contributed by atoms with Crippen LogP contribution in [0.1, 0.15) is 43.3 Å². The van der Waals surface area contributed by atoms with Gasteiger partial charge in [-0.2, -0.15) is 0 Å². The standard InChI is InChI=1S/C19H26ClN3O4S/c1-19(2,3)26-18(25)23-8-6-12(7-9-23)14-10-13(27-22-14)11-21-17(24)15-4-5-16(20)28-15/h4-5,10,12-13,22H,6-9,11H2,1-3H3,(H,21,24). The molecule has 2 aliphatic rings. The Balaban J connectivity index is 1.44. The molecule has 2 N–H and O–H groups in total. The number of carbonyl (C=O) groups is 2. The minimum absolute atomic E-state index is 0.159. The van der Waals surface area contributed by atoms with Gasteiger partial charge in [-0.3, -0.25) is 15.1 Å². The predicted molar refractivity (Wildman–Crippen MR) is 108 cm³/mol. The Kier molecular flexibility index (Phi) is 6.52. The average Bonchev–Trinajstić information content (AvgIpc) is 3.27. The molecule has 1 saturated heterocycles. The van der Waals surface area contributed by atoms with Gasteiger partial charge in [-0.1, -0.05) is 11.6 Å². The van der Waals surface area contributed by atoms with Gasteiger partial charge in [0.25, 0.3) is 5.91 Å². The Morgan fingerprint density at radius 2 is 2.07 bits per heavy atom. The number of hydroxylamine groups is 1. The van der Waals surface area contributed by atoms with Gasteiger partial charge >= 0.3 is 6.09 Å². The number of nitrogens with one attached hydrogen (secondary N) is 2. The van der Waals surface area contributed by atoms with Crippen molar-refractivity contribution in [3.05, 3.63) is 33.1 Å². The molecule has 2 aliphatic heterocycles. The summed E-state index contributed by atoms with van der Waals surface area (Å²) in [5.74, 6) is 0.142. The molecule has 0 radical (unpaired) electrons. The maximum absolute atomic E-state index is 12.2. The van der Waals surface area contributed by atoms with Crippen LogP contribution in [0.4, 0.5) is 4.79 Å². The van der Waals surface area contributed by atoms with Gasteiger partial charge in [0.15, 0.2) is 0 Å². The van der Waals surface area contributed by atoms with Crippen LogP contribution in [0, 0.1) is 5.92 Å². The lowest BCUT2D eigenvalue weighted by Gasteiger charge is -2.33. The minimum Gasteiger partial charge on any atom is -0.444 e. The number of halogens is 1. The van der Waals surface area contributed by atoms with Crippen LogP contribution in [-0.2, 0) is 9.57 Å². The maximum Gasteiger partial charge on any atom is 0.410 e. The first-order valence-corrected chi connectivity index (χ1v) is 10.6. The molecule has 7 nitrogen and oxygen atoms in total. The third-order valence-electron chi connectivity index (χ3n) is 4.54. The van der Waals surface area contributed by atoms with Gasteiger partial charge in [0.1, 0.15) is 11.7 Å². The molecule has 154 valence electrons. The summed E-state index contributed by atoms with van der Waals surface area (Å²) in [6.07, 6.45) is 3.21. The zero-order chi connectivity index (χ0) is 20.3. The molecule has 3 heterocycles. The minimum atomic E-state index is -0.483. The van der Waals surface area contributed by atoms with Crippen molar-refractivity contribution in [2.24, 2.45) is 5.92 Å². The van der Waals surface area contributed by atoms with E-state index < -0.39 is 5.60 Å². The first-order chi connectivity index (χ1) is 13.2. The fraction of sp³-hybridized carbons (Fsp3) is 0.579. The second-order valence-electron chi connectivity index (χ2n) is 7.94. The van der Waals surface area contributed by atoms with Gasteiger partial charge in [0.05, 0.1) is 15.8 Å². The molecular formula is C19H26ClN3O4S. The number of ether oxygens (including phenoxy) is 1. The topological polar surface area (TPSA) is 79.9 Å². The predicted octanol–water partition coefficient (Wildman–Crippen LogP) is 3.57. The zero-order valence-corrected chi connectivity index (χ0v) is 17.9. The smallest absolute Gasteiger partial charge is 0.410 e. The molecule has 0 bridgehead atoms. The molecule has 1 unspecified atom stereocenters. The van der Waals surface area contributed by atoms with E-state index in [-0.39, 0.29) is 18.1 Å². The molecular weight excluding hydrogens is 402 g/mol. The van der Waals surface area contributed by atoms with E-state index in [0.29, 0.717) is 34.8 Å². The highest BCUT2D eigenvalue weighted by Gasteiger charge is 2.30. The van der Waals surface area contributed by atoms with Crippen molar-refractivity contribution in [1.82, 2.24) is 15.7 Å². The molecule has 28 heavy (non-hydrogen) atoms. The first kappa shape index (κ1) is 21.0. The maximum atomic E-state index is 12.2. The lowest BCUT2D eigenvalue weighted by atomic mass is 9.93. The summed E-state index contributed by atoms with van der Waals surface area (Å²) in [6, 6.07) is 3.41. The number of allylic oxidation sites excluding steroid dienone is 1. The second-order valence-corrected chi connectivity index (χ2v) is 9.65. The lowest BCUT2D eigenvalue weighted by molar-refractivity contribution is 0.0162. The molecule has 0 saturated carbocycles. The van der Waals surface area contributed by atoms with Crippen LogP contribution in [0.5, 0.6) is 0 Å². The largest absolute Gasteiger partial charge is 0.444 e. The van der Waals surface area contributed by atoms with Gasteiger partial charge < -0.3 is 15.0 Å². The lowest BCUT2D eigenvalue weighted by Crippen LogP contribution is -2.42. The third kappa shape index (κ3) is 5.62. The summed E-state index contributed by atoms with van der Waals surface area (Å²) in [7, 11) is 0. The molecule has 1 aromatic heterocycles. The summed E-state index contributed by atoms with van der Waals surface area (Å²) in [6.45, 7) is 7.29. The number of amides is 2. The van der Waals surface area contributed by atoms with Crippen molar-refractivity contribution >= 4 is 34.9 Å². The number of likely N-dealkylation sites (tertiary alicyclic amines) is 1. The fourth-order valence-electron chi connectivity index (χ4n) is 3.15. The molecule has 1 fully saturated rings. The Labute approximate surface area is 174 Å². The van der Waals surface area contributed by atoms with Crippen molar-refractivity contribution in [2.45, 2.75) is 45.3 Å². The van der Waals surface area contributed by atoms with Crippen molar-refractivity contribution in [3.63, 3.8) is 0 Å². The molecule has 3 rings (SSSR count). The molecule has 0 aliphatic carbocycles. The summed E-state index contributed by atoms with van der Waals surface area (Å²) < 4.78 is 6.02. The van der Waals surface area contributed by atoms with E-state index in [1.54, 1.807) is 17.0 Å². The normalized spacial score (nSPS) is 20.5. The summed E-state index contributed by atoms with van der Waals surface area (Å²) in [5.41, 5.74) is 3.52. The van der Waals surface area contributed by atoms with E-state index in [4.69, 9.17) is 21.2 Å². The van der Waals surface area contributed by atoms with Gasteiger partial charge in [-0.25, -0.2) is 4.79 Å². The van der Waals surface area contributed by atoms with Gasteiger partial charge in [0, 0.05) is 24.7 Å². The number of rotatable bonds is 4. The molecule has 0 spiro atoms. The van der Waals surface area contributed by atoms with Crippen molar-refractivity contribution in [3.8, 4) is 0 Å². The Bertz CT molecular complexity index is 751. The van der Waals surface area contributed by atoms with E-state index in [2.05, 4.69) is 10.8 Å². The van der Waals surface area contributed by atoms with E-state index >= 15 is 0 Å². The highest BCUT2D eigenvalue weighted by Crippen LogP contribution is 2.27. The molecule has 0 aromatic carbocycles. The number of carbonyl (C=O) groups excluding carboxylic acids is 2. The Morgan fingerprint density at radius 1 is 1.36 bits per heavy atom.